The number of carbonyl (C=O) groups is 1. The van der Waals surface area contributed by atoms with Crippen LogP contribution in [0.5, 0.6) is 0 Å². The van der Waals surface area contributed by atoms with Gasteiger partial charge >= 0.3 is 0 Å². The van der Waals surface area contributed by atoms with Crippen LogP contribution in [0.3, 0.4) is 0 Å². The van der Waals surface area contributed by atoms with E-state index in [1.54, 1.807) is 0 Å². The third-order valence-electron chi connectivity index (χ3n) is 1.58. The van der Waals surface area contributed by atoms with Gasteiger partial charge in [0, 0.05) is 18.3 Å². The zero-order chi connectivity index (χ0) is 7.56. The fourth-order valence-electron chi connectivity index (χ4n) is 0.894. The first kappa shape index (κ1) is 7.12. The molecule has 0 spiro atoms. The van der Waals surface area contributed by atoms with Gasteiger partial charge in [-0.1, -0.05) is 0 Å². The van der Waals surface area contributed by atoms with Crippen molar-refractivity contribution in [2.75, 3.05) is 13.2 Å². The molecule has 56 valence electrons. The van der Waals surface area contributed by atoms with Crippen LogP contribution in [0.15, 0.2) is 11.8 Å². The van der Waals surface area contributed by atoms with Crippen LogP contribution in [0, 0.1) is 0 Å². The second-order valence-corrected chi connectivity index (χ2v) is 2.38. The molecular formula is C7H12N2O. The van der Waals surface area contributed by atoms with Crippen molar-refractivity contribution in [2.24, 2.45) is 0 Å². The minimum Gasteiger partial charge on any atom is -0.360 e. The van der Waals surface area contributed by atoms with Gasteiger partial charge in [0.15, 0.2) is 0 Å². The largest absolute Gasteiger partial charge is 0.360 e. The number of hydrogen-bond donors (Lipinski definition) is 1. The quantitative estimate of drug-likeness (QED) is 0.568. The molecule has 0 atom stereocenters. The highest BCUT2D eigenvalue weighted by atomic mass is 16.1. The monoisotopic (exact) mass is 140 g/mol. The van der Waals surface area contributed by atoms with Crippen molar-refractivity contribution < 1.29 is 4.79 Å². The Bertz CT molecular complexity index is 174. The summed E-state index contributed by atoms with van der Waals surface area (Å²) in [5.41, 5.74) is 0.785. The van der Waals surface area contributed by atoms with E-state index in [2.05, 4.69) is 17.1 Å². The predicted octanol–water partition coefficient (Wildman–Crippen LogP) is 0.299. The first-order valence-electron chi connectivity index (χ1n) is 3.44. The van der Waals surface area contributed by atoms with Crippen LogP contribution in [-0.2, 0) is 4.79 Å². The number of nitrogens with one attached hydrogen (secondary N) is 1. The van der Waals surface area contributed by atoms with E-state index >= 15 is 0 Å². The Hall–Kier alpha value is -0.990. The average Bonchev–Trinajstić information content (AvgIpc) is 1.95. The third-order valence-corrected chi connectivity index (χ3v) is 1.58. The molecule has 0 bridgehead atoms. The van der Waals surface area contributed by atoms with Gasteiger partial charge in [0.25, 0.3) is 0 Å². The summed E-state index contributed by atoms with van der Waals surface area (Å²) in [6.07, 6.45) is 1.89. The van der Waals surface area contributed by atoms with Gasteiger partial charge in [-0.25, -0.2) is 0 Å². The molecule has 0 radical (unpaired) electrons. The van der Waals surface area contributed by atoms with Gasteiger partial charge in [-0.2, -0.15) is 0 Å². The molecule has 0 saturated carbocycles. The Morgan fingerprint density at radius 1 is 1.80 bits per heavy atom. The van der Waals surface area contributed by atoms with Crippen molar-refractivity contribution in [1.82, 2.24) is 10.2 Å². The van der Waals surface area contributed by atoms with E-state index in [4.69, 9.17) is 0 Å². The fraction of sp³-hybridized carbons (Fsp3) is 0.571. The van der Waals surface area contributed by atoms with E-state index in [1.807, 2.05) is 13.1 Å². The minimum absolute atomic E-state index is 0.0460. The molecule has 1 N–H and O–H groups in total. The molecule has 3 heteroatoms. The maximum Gasteiger partial charge on any atom is 0.249 e. The maximum absolute atomic E-state index is 10.8. The van der Waals surface area contributed by atoms with Crippen LogP contribution in [0.1, 0.15) is 13.8 Å². The Balaban J connectivity index is 2.65. The average molecular weight is 140 g/mol. The van der Waals surface area contributed by atoms with E-state index < -0.39 is 0 Å². The zero-order valence-corrected chi connectivity index (χ0v) is 6.35. The minimum atomic E-state index is 0.0460. The van der Waals surface area contributed by atoms with Crippen LogP contribution in [0.2, 0.25) is 0 Å². The molecule has 1 rings (SSSR count). The van der Waals surface area contributed by atoms with E-state index in [9.17, 15) is 4.79 Å². The summed E-state index contributed by atoms with van der Waals surface area (Å²) >= 11 is 0. The normalized spacial score (nSPS) is 18.4. The van der Waals surface area contributed by atoms with Gasteiger partial charge in [-0.3, -0.25) is 4.79 Å². The van der Waals surface area contributed by atoms with Gasteiger partial charge in [-0.05, 0) is 13.8 Å². The Labute approximate surface area is 60.7 Å². The molecule has 1 aliphatic heterocycles. The lowest BCUT2D eigenvalue weighted by atomic mass is 10.3. The van der Waals surface area contributed by atoms with Crippen LogP contribution in [0.25, 0.3) is 0 Å². The summed E-state index contributed by atoms with van der Waals surface area (Å²) in [5, 5.41) is 2.75. The molecule has 0 saturated heterocycles. The molecule has 0 fully saturated rings. The van der Waals surface area contributed by atoms with Crippen LogP contribution < -0.4 is 5.32 Å². The van der Waals surface area contributed by atoms with Crippen molar-refractivity contribution in [2.45, 2.75) is 13.8 Å². The van der Waals surface area contributed by atoms with Crippen molar-refractivity contribution in [3.63, 3.8) is 0 Å². The maximum atomic E-state index is 10.8. The molecule has 3 nitrogen and oxygen atoms in total. The SMILES string of the molecule is CCN1C=C(C)C(=O)NC1. The summed E-state index contributed by atoms with van der Waals surface area (Å²) in [6.45, 7) is 5.46. The summed E-state index contributed by atoms with van der Waals surface area (Å²) < 4.78 is 0. The molecule has 1 amide bonds. The summed E-state index contributed by atoms with van der Waals surface area (Å²) in [6, 6.07) is 0. The molecule has 10 heavy (non-hydrogen) atoms. The third kappa shape index (κ3) is 1.29. The van der Waals surface area contributed by atoms with Crippen molar-refractivity contribution >= 4 is 5.91 Å². The summed E-state index contributed by atoms with van der Waals surface area (Å²) in [4.78, 5) is 12.9. The second-order valence-electron chi connectivity index (χ2n) is 2.38. The summed E-state index contributed by atoms with van der Waals surface area (Å²) in [5.74, 6) is 0.0460. The topological polar surface area (TPSA) is 32.3 Å². The molecule has 1 heterocycles. The first-order chi connectivity index (χ1) is 4.74. The number of hydrogen-bond acceptors (Lipinski definition) is 2. The second kappa shape index (κ2) is 2.73. The number of rotatable bonds is 1. The highest BCUT2D eigenvalue weighted by molar-refractivity contribution is 5.93. The number of amides is 1. The Kier molecular flexibility index (Phi) is 1.94. The highest BCUT2D eigenvalue weighted by Gasteiger charge is 2.11. The molecular weight excluding hydrogens is 128 g/mol. The molecule has 0 aliphatic carbocycles. The lowest BCUT2D eigenvalue weighted by molar-refractivity contribution is -0.118. The van der Waals surface area contributed by atoms with Gasteiger partial charge < -0.3 is 10.2 Å². The van der Waals surface area contributed by atoms with E-state index in [0.717, 1.165) is 12.1 Å². The molecule has 1 aliphatic rings. The fourth-order valence-corrected chi connectivity index (χ4v) is 0.894. The van der Waals surface area contributed by atoms with Gasteiger partial charge in [-0.15, -0.1) is 0 Å². The standard InChI is InChI=1S/C7H12N2O/c1-3-9-4-6(2)7(10)8-5-9/h4H,3,5H2,1-2H3,(H,8,10). The number of nitrogens with zero attached hydrogens (tertiary/aromatic N) is 1. The van der Waals surface area contributed by atoms with E-state index in [0.29, 0.717) is 6.67 Å². The Morgan fingerprint density at radius 3 is 3.00 bits per heavy atom. The molecule has 0 aromatic heterocycles. The van der Waals surface area contributed by atoms with Crippen LogP contribution >= 0.6 is 0 Å². The van der Waals surface area contributed by atoms with E-state index in [-0.39, 0.29) is 5.91 Å². The lowest BCUT2D eigenvalue weighted by Crippen LogP contribution is -2.39. The van der Waals surface area contributed by atoms with Crippen molar-refractivity contribution in [3.8, 4) is 0 Å². The molecule has 0 aromatic rings. The highest BCUT2D eigenvalue weighted by Crippen LogP contribution is 2.01. The smallest absolute Gasteiger partial charge is 0.249 e. The van der Waals surface area contributed by atoms with Gasteiger partial charge in [0.05, 0.1) is 6.67 Å². The number of carbonyl (C=O) groups excluding carboxylic acids is 1. The van der Waals surface area contributed by atoms with Gasteiger partial charge in [0.2, 0.25) is 5.91 Å². The van der Waals surface area contributed by atoms with Gasteiger partial charge in [0.1, 0.15) is 0 Å². The summed E-state index contributed by atoms with van der Waals surface area (Å²) in [7, 11) is 0. The van der Waals surface area contributed by atoms with E-state index in [1.165, 1.54) is 0 Å². The zero-order valence-electron chi connectivity index (χ0n) is 6.35. The molecule has 0 unspecified atom stereocenters. The molecule has 0 aromatic carbocycles. The van der Waals surface area contributed by atoms with Crippen LogP contribution in [0.4, 0.5) is 0 Å². The first-order valence-corrected chi connectivity index (χ1v) is 3.44. The predicted molar refractivity (Wildman–Crippen MR) is 39.1 cm³/mol. The van der Waals surface area contributed by atoms with Crippen molar-refractivity contribution in [3.05, 3.63) is 11.8 Å². The lowest BCUT2D eigenvalue weighted by Gasteiger charge is -2.24. The Morgan fingerprint density at radius 2 is 2.50 bits per heavy atom. The van der Waals surface area contributed by atoms with Crippen molar-refractivity contribution in [1.29, 1.82) is 0 Å². The van der Waals surface area contributed by atoms with Crippen LogP contribution in [-0.4, -0.2) is 24.0 Å².